The first kappa shape index (κ1) is 29.0. The van der Waals surface area contributed by atoms with Gasteiger partial charge in [0.05, 0.1) is 28.6 Å². The molecule has 0 aliphatic carbocycles. The highest BCUT2D eigenvalue weighted by Crippen LogP contribution is 2.33. The number of anilines is 1. The van der Waals surface area contributed by atoms with Crippen molar-refractivity contribution >= 4 is 43.6 Å². The van der Waals surface area contributed by atoms with Gasteiger partial charge in [-0.1, -0.05) is 20.8 Å². The molecule has 1 aromatic carbocycles. The summed E-state index contributed by atoms with van der Waals surface area (Å²) in [5.41, 5.74) is 10.7. The standard InChI is InChI=1S/C30H28FN9O3S/c1-30(2,3)29(41)35-19-12-17(13-33-14-19)21-5-6-22-24(36-21)25(40-39-22)28-37-23-20(7-8-34-27(23)38-28)15-9-16(11-18(31)10-15)26(32)44(4,42)43/h5-14,26H,32H2,1-4H3,(H,35,41)(H,39,40)(H,34,37,38). The number of pyridine rings is 3. The first-order valence-corrected chi connectivity index (χ1v) is 15.5. The Morgan fingerprint density at radius 2 is 1.84 bits per heavy atom. The van der Waals surface area contributed by atoms with E-state index >= 15 is 0 Å². The number of nitrogens with one attached hydrogen (secondary N) is 3. The van der Waals surface area contributed by atoms with Crippen molar-refractivity contribution < 1.29 is 17.6 Å². The van der Waals surface area contributed by atoms with Gasteiger partial charge in [0, 0.05) is 35.2 Å². The van der Waals surface area contributed by atoms with Gasteiger partial charge < -0.3 is 16.0 Å². The summed E-state index contributed by atoms with van der Waals surface area (Å²) >= 11 is 0. The van der Waals surface area contributed by atoms with Crippen molar-refractivity contribution in [3.8, 4) is 33.9 Å². The average Bonchev–Trinajstić information content (AvgIpc) is 3.59. The molecule has 0 spiro atoms. The molecule has 1 amide bonds. The van der Waals surface area contributed by atoms with Crippen LogP contribution >= 0.6 is 0 Å². The lowest BCUT2D eigenvalue weighted by atomic mass is 9.95. The lowest BCUT2D eigenvalue weighted by Crippen LogP contribution is -2.27. The summed E-state index contributed by atoms with van der Waals surface area (Å²) in [6, 6.07) is 11.1. The molecule has 0 aliphatic heterocycles. The van der Waals surface area contributed by atoms with Gasteiger partial charge in [-0.3, -0.25) is 14.9 Å². The van der Waals surface area contributed by atoms with Crippen molar-refractivity contribution in [2.24, 2.45) is 11.1 Å². The zero-order chi connectivity index (χ0) is 31.4. The molecule has 0 radical (unpaired) electrons. The topological polar surface area (TPSA) is 185 Å². The number of fused-ring (bicyclic) bond motifs is 2. The minimum atomic E-state index is -3.66. The molecule has 0 aliphatic rings. The second kappa shape index (κ2) is 10.6. The van der Waals surface area contributed by atoms with Crippen LogP contribution in [0.15, 0.2) is 61.1 Å². The van der Waals surface area contributed by atoms with Crippen LogP contribution < -0.4 is 11.1 Å². The quantitative estimate of drug-likeness (QED) is 0.206. The van der Waals surface area contributed by atoms with E-state index in [0.717, 1.165) is 12.3 Å². The van der Waals surface area contributed by atoms with E-state index < -0.39 is 26.4 Å². The third-order valence-corrected chi connectivity index (χ3v) is 8.21. The fourth-order valence-electron chi connectivity index (χ4n) is 4.63. The van der Waals surface area contributed by atoms with Crippen molar-refractivity contribution in [1.82, 2.24) is 35.1 Å². The van der Waals surface area contributed by atoms with Crippen LogP contribution in [0.1, 0.15) is 31.7 Å². The zero-order valence-corrected chi connectivity index (χ0v) is 25.0. The molecule has 0 saturated heterocycles. The number of amides is 1. The van der Waals surface area contributed by atoms with Crippen LogP contribution in [0.5, 0.6) is 0 Å². The molecule has 14 heteroatoms. The van der Waals surface area contributed by atoms with E-state index in [1.54, 1.807) is 24.5 Å². The predicted molar refractivity (Wildman–Crippen MR) is 165 cm³/mol. The van der Waals surface area contributed by atoms with E-state index in [2.05, 4.69) is 35.5 Å². The van der Waals surface area contributed by atoms with Gasteiger partial charge in [-0.05, 0) is 53.6 Å². The first-order valence-electron chi connectivity index (χ1n) is 13.5. The number of H-pyrrole nitrogens is 2. The fourth-order valence-corrected chi connectivity index (χ4v) is 5.27. The smallest absolute Gasteiger partial charge is 0.229 e. The number of hydrogen-bond acceptors (Lipinski definition) is 9. The molecule has 0 saturated carbocycles. The molecule has 12 nitrogen and oxygen atoms in total. The second-order valence-corrected chi connectivity index (χ2v) is 13.7. The lowest BCUT2D eigenvalue weighted by molar-refractivity contribution is -0.123. The van der Waals surface area contributed by atoms with Crippen LogP contribution in [-0.4, -0.2) is 55.7 Å². The minimum absolute atomic E-state index is 0.124. The third-order valence-electron chi connectivity index (χ3n) is 7.02. The van der Waals surface area contributed by atoms with Crippen LogP contribution in [-0.2, 0) is 14.6 Å². The number of carbonyl (C=O) groups excluding carboxylic acids is 1. The number of benzene rings is 1. The first-order chi connectivity index (χ1) is 20.8. The normalized spacial score (nSPS) is 13.0. The van der Waals surface area contributed by atoms with E-state index in [-0.39, 0.29) is 11.5 Å². The molecule has 5 N–H and O–H groups in total. The third kappa shape index (κ3) is 5.52. The van der Waals surface area contributed by atoms with Crippen LogP contribution in [0.4, 0.5) is 10.1 Å². The Morgan fingerprint density at radius 1 is 1.05 bits per heavy atom. The number of aromatic nitrogens is 7. The maximum Gasteiger partial charge on any atom is 0.229 e. The highest BCUT2D eigenvalue weighted by molar-refractivity contribution is 7.90. The molecule has 0 fully saturated rings. The van der Waals surface area contributed by atoms with E-state index in [0.29, 0.717) is 61.8 Å². The molecule has 1 atom stereocenters. The summed E-state index contributed by atoms with van der Waals surface area (Å²) in [7, 11) is -3.66. The van der Waals surface area contributed by atoms with Gasteiger partial charge in [0.15, 0.2) is 27.0 Å². The van der Waals surface area contributed by atoms with Gasteiger partial charge in [0.2, 0.25) is 5.91 Å². The van der Waals surface area contributed by atoms with Gasteiger partial charge in [0.25, 0.3) is 0 Å². The average molecular weight is 614 g/mol. The van der Waals surface area contributed by atoms with Crippen LogP contribution in [0.25, 0.3) is 56.1 Å². The maximum absolute atomic E-state index is 14.6. The van der Waals surface area contributed by atoms with E-state index in [9.17, 15) is 17.6 Å². The van der Waals surface area contributed by atoms with Gasteiger partial charge in [-0.15, -0.1) is 0 Å². The predicted octanol–water partition coefficient (Wildman–Crippen LogP) is 4.75. The van der Waals surface area contributed by atoms with E-state index in [1.807, 2.05) is 32.9 Å². The largest absolute Gasteiger partial charge is 0.335 e. The van der Waals surface area contributed by atoms with Gasteiger partial charge in [-0.25, -0.2) is 27.8 Å². The molecular weight excluding hydrogens is 585 g/mol. The van der Waals surface area contributed by atoms with E-state index in [1.165, 1.54) is 18.3 Å². The summed E-state index contributed by atoms with van der Waals surface area (Å²) in [5.74, 6) is -0.403. The highest BCUT2D eigenvalue weighted by atomic mass is 32.2. The number of nitrogens with two attached hydrogens (primary N) is 1. The Bertz CT molecular complexity index is 2190. The molecule has 6 rings (SSSR count). The molecule has 0 bridgehead atoms. The lowest BCUT2D eigenvalue weighted by Gasteiger charge is -2.17. The molecule has 5 aromatic heterocycles. The second-order valence-electron chi connectivity index (χ2n) is 11.5. The number of halogens is 1. The van der Waals surface area contributed by atoms with Gasteiger partial charge in [-0.2, -0.15) is 5.10 Å². The fraction of sp³-hybridized carbons (Fsp3) is 0.200. The Hall–Kier alpha value is -5.08. The van der Waals surface area contributed by atoms with Crippen LogP contribution in [0.3, 0.4) is 0 Å². The van der Waals surface area contributed by atoms with Gasteiger partial charge in [0.1, 0.15) is 16.7 Å². The van der Waals surface area contributed by atoms with Crippen molar-refractivity contribution in [3.63, 3.8) is 0 Å². The number of nitrogens with zero attached hydrogens (tertiary/aromatic N) is 5. The Labute approximate surface area is 251 Å². The zero-order valence-electron chi connectivity index (χ0n) is 24.2. The SMILES string of the molecule is CC(C)(C)C(=O)Nc1cncc(-c2ccc3[nH]nc(-c4nc5nccc(-c6cc(F)cc(C(N)S(C)(=O)=O)c6)c5[nH]4)c3n2)c1. The van der Waals surface area contributed by atoms with Crippen molar-refractivity contribution in [3.05, 3.63) is 72.4 Å². The maximum atomic E-state index is 14.6. The van der Waals surface area contributed by atoms with Gasteiger partial charge >= 0.3 is 0 Å². The minimum Gasteiger partial charge on any atom is -0.335 e. The van der Waals surface area contributed by atoms with Crippen LogP contribution in [0, 0.1) is 11.2 Å². The molecule has 5 heterocycles. The number of hydrogen-bond donors (Lipinski definition) is 4. The molecular formula is C30H28FN9O3S. The summed E-state index contributed by atoms with van der Waals surface area (Å²) in [5, 5.41) is 8.91. The number of sulfone groups is 1. The van der Waals surface area contributed by atoms with Crippen molar-refractivity contribution in [1.29, 1.82) is 0 Å². The summed E-state index contributed by atoms with van der Waals surface area (Å²) < 4.78 is 38.7. The Morgan fingerprint density at radius 3 is 2.59 bits per heavy atom. The number of carbonyl (C=O) groups is 1. The molecule has 6 aromatic rings. The Balaban J connectivity index is 1.40. The summed E-state index contributed by atoms with van der Waals surface area (Å²) in [4.78, 5) is 33.8. The summed E-state index contributed by atoms with van der Waals surface area (Å²) in [6.45, 7) is 5.49. The number of imidazole rings is 1. The van der Waals surface area contributed by atoms with E-state index in [4.69, 9.17) is 10.7 Å². The number of aromatic amines is 2. The Kier molecular flexibility index (Phi) is 6.97. The van der Waals surface area contributed by atoms with Crippen LogP contribution in [0.2, 0.25) is 0 Å². The number of rotatable bonds is 6. The van der Waals surface area contributed by atoms with Crippen molar-refractivity contribution in [2.75, 3.05) is 11.6 Å². The molecule has 44 heavy (non-hydrogen) atoms. The molecule has 1 unspecified atom stereocenters. The van der Waals surface area contributed by atoms with Crippen molar-refractivity contribution in [2.45, 2.75) is 26.1 Å². The molecule has 224 valence electrons. The summed E-state index contributed by atoms with van der Waals surface area (Å²) in [6.07, 6.45) is 5.76. The highest BCUT2D eigenvalue weighted by Gasteiger charge is 2.23. The monoisotopic (exact) mass is 613 g/mol.